The minimum absolute atomic E-state index is 0.450. The van der Waals surface area contributed by atoms with Gasteiger partial charge in [-0.05, 0) is 13.3 Å². The first-order valence-electron chi connectivity index (χ1n) is 4.68. The number of rotatable bonds is 6. The van der Waals surface area contributed by atoms with Crippen molar-refractivity contribution in [3.63, 3.8) is 0 Å². The van der Waals surface area contributed by atoms with Crippen LogP contribution in [-0.4, -0.2) is 19.1 Å². The van der Waals surface area contributed by atoms with Crippen molar-refractivity contribution < 1.29 is 0 Å². The van der Waals surface area contributed by atoms with Crippen LogP contribution in [0.2, 0.25) is 0 Å². The summed E-state index contributed by atoms with van der Waals surface area (Å²) >= 11 is 0. The Morgan fingerprint density at radius 3 is 2.75 bits per heavy atom. The van der Waals surface area contributed by atoms with Crippen LogP contribution in [0.15, 0.2) is 0 Å². The first-order valence-corrected chi connectivity index (χ1v) is 4.68. The predicted molar refractivity (Wildman–Crippen MR) is 53.8 cm³/mol. The fourth-order valence-corrected chi connectivity index (χ4v) is 1.04. The predicted octanol–water partition coefficient (Wildman–Crippen LogP) is 1.12. The van der Waals surface area contributed by atoms with Crippen molar-refractivity contribution in [3.8, 4) is 11.8 Å². The highest BCUT2D eigenvalue weighted by molar-refractivity contribution is 4.97. The van der Waals surface area contributed by atoms with Gasteiger partial charge < -0.3 is 11.1 Å². The molecule has 2 nitrogen and oxygen atoms in total. The molecule has 0 fully saturated rings. The summed E-state index contributed by atoms with van der Waals surface area (Å²) in [6.45, 7) is 5.53. The van der Waals surface area contributed by atoms with Crippen molar-refractivity contribution in [2.24, 2.45) is 5.73 Å². The van der Waals surface area contributed by atoms with Gasteiger partial charge >= 0.3 is 0 Å². The van der Waals surface area contributed by atoms with Gasteiger partial charge in [0.2, 0.25) is 0 Å². The van der Waals surface area contributed by atoms with Gasteiger partial charge in [-0.2, -0.15) is 0 Å². The van der Waals surface area contributed by atoms with Gasteiger partial charge in [0.1, 0.15) is 0 Å². The maximum absolute atomic E-state index is 5.59. The van der Waals surface area contributed by atoms with Crippen molar-refractivity contribution in [1.29, 1.82) is 0 Å². The van der Waals surface area contributed by atoms with Crippen LogP contribution in [0.4, 0.5) is 0 Å². The highest BCUT2D eigenvalue weighted by atomic mass is 14.9. The molecule has 0 radical (unpaired) electrons. The Kier molecular flexibility index (Phi) is 8.20. The molecule has 0 aliphatic rings. The molecule has 0 bridgehead atoms. The van der Waals surface area contributed by atoms with Crippen molar-refractivity contribution >= 4 is 0 Å². The standard InChI is InChI=1S/C10H20N2/c1-3-5-7-10(9-11)12-8-6-4-2/h10,12H,3,5,7-9,11H2,1-2H3. The van der Waals surface area contributed by atoms with E-state index in [1.807, 2.05) is 6.92 Å². The average Bonchev–Trinajstić information content (AvgIpc) is 2.11. The third kappa shape index (κ3) is 6.21. The molecule has 70 valence electrons. The molecule has 0 aromatic heterocycles. The minimum atomic E-state index is 0.450. The quantitative estimate of drug-likeness (QED) is 0.583. The zero-order valence-electron chi connectivity index (χ0n) is 8.19. The van der Waals surface area contributed by atoms with E-state index in [-0.39, 0.29) is 0 Å². The Morgan fingerprint density at radius 1 is 1.50 bits per heavy atom. The smallest absolute Gasteiger partial charge is 0.0578 e. The third-order valence-corrected chi connectivity index (χ3v) is 1.85. The molecule has 0 saturated heterocycles. The number of nitrogens with one attached hydrogen (secondary N) is 1. The molecule has 0 aromatic rings. The number of hydrogen-bond donors (Lipinski definition) is 2. The zero-order valence-corrected chi connectivity index (χ0v) is 8.19. The first-order chi connectivity index (χ1) is 5.85. The topological polar surface area (TPSA) is 38.0 Å². The van der Waals surface area contributed by atoms with Gasteiger partial charge in [-0.1, -0.05) is 25.7 Å². The summed E-state index contributed by atoms with van der Waals surface area (Å²) in [7, 11) is 0. The largest absolute Gasteiger partial charge is 0.329 e. The average molecular weight is 168 g/mol. The molecule has 12 heavy (non-hydrogen) atoms. The molecule has 0 amide bonds. The van der Waals surface area contributed by atoms with Gasteiger partial charge in [0.05, 0.1) is 6.54 Å². The van der Waals surface area contributed by atoms with E-state index in [2.05, 4.69) is 24.1 Å². The maximum Gasteiger partial charge on any atom is 0.0578 e. The second kappa shape index (κ2) is 8.58. The number of unbranched alkanes of at least 4 members (excludes halogenated alkanes) is 1. The van der Waals surface area contributed by atoms with Gasteiger partial charge in [0.25, 0.3) is 0 Å². The van der Waals surface area contributed by atoms with E-state index >= 15 is 0 Å². The summed E-state index contributed by atoms with van der Waals surface area (Å²) in [5.74, 6) is 5.82. The van der Waals surface area contributed by atoms with Gasteiger partial charge in [-0.25, -0.2) is 0 Å². The Hall–Kier alpha value is -0.520. The van der Waals surface area contributed by atoms with Crippen LogP contribution in [-0.2, 0) is 0 Å². The molecule has 0 rings (SSSR count). The van der Waals surface area contributed by atoms with Crippen molar-refractivity contribution in [3.05, 3.63) is 0 Å². The van der Waals surface area contributed by atoms with Crippen LogP contribution in [0.3, 0.4) is 0 Å². The van der Waals surface area contributed by atoms with Gasteiger partial charge in [0.15, 0.2) is 0 Å². The van der Waals surface area contributed by atoms with Crippen LogP contribution in [0.5, 0.6) is 0 Å². The van der Waals surface area contributed by atoms with E-state index in [4.69, 9.17) is 5.73 Å². The molecular formula is C10H20N2. The second-order valence-electron chi connectivity index (χ2n) is 2.88. The van der Waals surface area contributed by atoms with Crippen LogP contribution in [0.1, 0.15) is 33.1 Å². The molecule has 2 heteroatoms. The van der Waals surface area contributed by atoms with Crippen LogP contribution in [0, 0.1) is 11.8 Å². The lowest BCUT2D eigenvalue weighted by Gasteiger charge is -2.13. The van der Waals surface area contributed by atoms with E-state index in [1.54, 1.807) is 0 Å². The summed E-state index contributed by atoms with van der Waals surface area (Å²) < 4.78 is 0. The van der Waals surface area contributed by atoms with E-state index in [0.29, 0.717) is 12.6 Å². The molecule has 0 saturated carbocycles. The van der Waals surface area contributed by atoms with Gasteiger partial charge in [0, 0.05) is 12.6 Å². The SMILES string of the molecule is CC#CCNC(CN)CCCC. The molecule has 0 heterocycles. The molecule has 1 atom stereocenters. The Bertz CT molecular complexity index is 144. The number of hydrogen-bond acceptors (Lipinski definition) is 2. The lowest BCUT2D eigenvalue weighted by Crippen LogP contribution is -2.36. The minimum Gasteiger partial charge on any atom is -0.329 e. The number of nitrogens with two attached hydrogens (primary N) is 1. The van der Waals surface area contributed by atoms with E-state index in [9.17, 15) is 0 Å². The Morgan fingerprint density at radius 2 is 2.25 bits per heavy atom. The molecule has 0 spiro atoms. The van der Waals surface area contributed by atoms with Crippen molar-refractivity contribution in [2.75, 3.05) is 13.1 Å². The second-order valence-corrected chi connectivity index (χ2v) is 2.88. The first kappa shape index (κ1) is 11.5. The lowest BCUT2D eigenvalue weighted by molar-refractivity contribution is 0.495. The molecule has 0 aliphatic carbocycles. The van der Waals surface area contributed by atoms with Crippen LogP contribution < -0.4 is 11.1 Å². The fraction of sp³-hybridized carbons (Fsp3) is 0.800. The summed E-state index contributed by atoms with van der Waals surface area (Å²) in [6, 6.07) is 0.450. The highest BCUT2D eigenvalue weighted by Crippen LogP contribution is 1.98. The summed E-state index contributed by atoms with van der Waals surface area (Å²) in [5, 5.41) is 3.31. The van der Waals surface area contributed by atoms with Gasteiger partial charge in [-0.15, -0.1) is 5.92 Å². The normalized spacial score (nSPS) is 11.9. The molecular weight excluding hydrogens is 148 g/mol. The lowest BCUT2D eigenvalue weighted by atomic mass is 10.1. The van der Waals surface area contributed by atoms with E-state index < -0.39 is 0 Å². The van der Waals surface area contributed by atoms with Crippen molar-refractivity contribution in [2.45, 2.75) is 39.2 Å². The molecule has 0 aliphatic heterocycles. The molecule has 0 aromatic carbocycles. The van der Waals surface area contributed by atoms with Crippen molar-refractivity contribution in [1.82, 2.24) is 5.32 Å². The fourth-order valence-electron chi connectivity index (χ4n) is 1.04. The van der Waals surface area contributed by atoms with Gasteiger partial charge in [-0.3, -0.25) is 0 Å². The van der Waals surface area contributed by atoms with Crippen LogP contribution in [0.25, 0.3) is 0 Å². The highest BCUT2D eigenvalue weighted by Gasteiger charge is 2.02. The Labute approximate surface area is 75.9 Å². The maximum atomic E-state index is 5.59. The molecule has 1 unspecified atom stereocenters. The van der Waals surface area contributed by atoms with E-state index in [0.717, 1.165) is 6.54 Å². The molecule has 3 N–H and O–H groups in total. The van der Waals surface area contributed by atoms with E-state index in [1.165, 1.54) is 19.3 Å². The zero-order chi connectivity index (χ0) is 9.23. The van der Waals surface area contributed by atoms with Crippen LogP contribution >= 0.6 is 0 Å². The summed E-state index contributed by atoms with van der Waals surface area (Å²) in [4.78, 5) is 0. The monoisotopic (exact) mass is 168 g/mol. The Balaban J connectivity index is 3.43. The summed E-state index contributed by atoms with van der Waals surface area (Å²) in [6.07, 6.45) is 3.64. The summed E-state index contributed by atoms with van der Waals surface area (Å²) in [5.41, 5.74) is 5.59. The third-order valence-electron chi connectivity index (χ3n) is 1.85.